The van der Waals surface area contributed by atoms with Gasteiger partial charge in [-0.05, 0) is 19.8 Å². The number of carbonyl (C=O) groups excluding carboxylic acids is 1. The van der Waals surface area contributed by atoms with Crippen molar-refractivity contribution in [3.63, 3.8) is 0 Å². The molecule has 0 spiro atoms. The number of hydrogen-bond acceptors (Lipinski definition) is 5. The van der Waals surface area contributed by atoms with Crippen LogP contribution in [-0.2, 0) is 22.6 Å². The van der Waals surface area contributed by atoms with Crippen molar-refractivity contribution < 1.29 is 9.53 Å². The predicted molar refractivity (Wildman–Crippen MR) is 74.4 cm³/mol. The van der Waals surface area contributed by atoms with Gasteiger partial charge in [0, 0.05) is 19.1 Å². The topological polar surface area (TPSA) is 63.5 Å². The molecule has 0 aromatic carbocycles. The zero-order valence-corrected chi connectivity index (χ0v) is 12.4. The van der Waals surface area contributed by atoms with Crippen LogP contribution in [0.4, 0.5) is 0 Å². The molecule has 1 amide bonds. The van der Waals surface area contributed by atoms with E-state index in [-0.39, 0.29) is 11.9 Å². The number of morpholine rings is 1. The van der Waals surface area contributed by atoms with E-state index >= 15 is 0 Å². The number of nitrogens with zero attached hydrogens (tertiary/aromatic N) is 5. The number of carbonyl (C=O) groups is 1. The lowest BCUT2D eigenvalue weighted by atomic mass is 10.2. The Morgan fingerprint density at radius 1 is 1.24 bits per heavy atom. The summed E-state index contributed by atoms with van der Waals surface area (Å²) in [5.74, 6) is 2.05. The highest BCUT2D eigenvalue weighted by molar-refractivity contribution is 5.81. The highest BCUT2D eigenvalue weighted by atomic mass is 16.5. The van der Waals surface area contributed by atoms with Gasteiger partial charge in [-0.15, -0.1) is 10.2 Å². The van der Waals surface area contributed by atoms with Gasteiger partial charge < -0.3 is 9.64 Å². The molecule has 1 saturated carbocycles. The molecule has 0 radical (unpaired) electrons. The summed E-state index contributed by atoms with van der Waals surface area (Å²) in [6.45, 7) is 6.70. The van der Waals surface area contributed by atoms with Gasteiger partial charge in [-0.1, -0.05) is 0 Å². The van der Waals surface area contributed by atoms with E-state index in [4.69, 9.17) is 4.74 Å². The first-order chi connectivity index (χ1) is 10.2. The van der Waals surface area contributed by atoms with Gasteiger partial charge in [0.05, 0.1) is 26.3 Å². The molecule has 1 aliphatic carbocycles. The highest BCUT2D eigenvalue weighted by Crippen LogP contribution is 2.33. The molecule has 4 rings (SSSR count). The average Bonchev–Trinajstić information content (AvgIpc) is 3.26. The summed E-state index contributed by atoms with van der Waals surface area (Å²) in [5.41, 5.74) is 0. The quantitative estimate of drug-likeness (QED) is 0.795. The van der Waals surface area contributed by atoms with Crippen LogP contribution >= 0.6 is 0 Å². The van der Waals surface area contributed by atoms with Crippen molar-refractivity contribution in [3.8, 4) is 0 Å². The molecule has 1 aromatic heterocycles. The van der Waals surface area contributed by atoms with E-state index in [0.717, 1.165) is 57.3 Å². The SMILES string of the molecule is CC1C(=O)N(C2CC2)Cc2nnc(CN3CCOCC3)n21. The molecule has 1 unspecified atom stereocenters. The third-order valence-corrected chi connectivity index (χ3v) is 4.63. The van der Waals surface area contributed by atoms with Crippen LogP contribution in [0.5, 0.6) is 0 Å². The average molecular weight is 291 g/mol. The lowest BCUT2D eigenvalue weighted by Crippen LogP contribution is -2.44. The van der Waals surface area contributed by atoms with Gasteiger partial charge in [-0.25, -0.2) is 0 Å². The van der Waals surface area contributed by atoms with Gasteiger partial charge in [-0.3, -0.25) is 14.3 Å². The molecule has 7 heteroatoms. The maximum absolute atomic E-state index is 12.5. The molecule has 3 heterocycles. The maximum atomic E-state index is 12.5. The Morgan fingerprint density at radius 2 is 2.00 bits per heavy atom. The fourth-order valence-corrected chi connectivity index (χ4v) is 3.26. The van der Waals surface area contributed by atoms with E-state index in [1.165, 1.54) is 0 Å². The van der Waals surface area contributed by atoms with E-state index in [1.807, 2.05) is 16.4 Å². The first-order valence-corrected chi connectivity index (χ1v) is 7.77. The minimum absolute atomic E-state index is 0.180. The molecule has 3 aliphatic rings. The van der Waals surface area contributed by atoms with E-state index in [2.05, 4.69) is 15.1 Å². The van der Waals surface area contributed by atoms with Crippen molar-refractivity contribution in [2.24, 2.45) is 0 Å². The maximum Gasteiger partial charge on any atom is 0.246 e. The van der Waals surface area contributed by atoms with Crippen molar-refractivity contribution in [2.45, 2.75) is 44.9 Å². The third kappa shape index (κ3) is 2.34. The summed E-state index contributed by atoms with van der Waals surface area (Å²) in [5, 5.41) is 8.67. The normalized spacial score (nSPS) is 27.0. The molecule has 0 bridgehead atoms. The van der Waals surface area contributed by atoms with Crippen LogP contribution in [0.1, 0.15) is 37.5 Å². The number of ether oxygens (including phenoxy) is 1. The third-order valence-electron chi connectivity index (χ3n) is 4.63. The van der Waals surface area contributed by atoms with E-state index in [1.54, 1.807) is 0 Å². The van der Waals surface area contributed by atoms with Crippen LogP contribution in [-0.4, -0.2) is 62.8 Å². The van der Waals surface area contributed by atoms with Crippen molar-refractivity contribution in [1.82, 2.24) is 24.6 Å². The highest BCUT2D eigenvalue weighted by Gasteiger charge is 2.40. The predicted octanol–water partition coefficient (Wildman–Crippen LogP) is 0.176. The Morgan fingerprint density at radius 3 is 2.71 bits per heavy atom. The molecule has 1 saturated heterocycles. The molecule has 21 heavy (non-hydrogen) atoms. The van der Waals surface area contributed by atoms with Crippen LogP contribution < -0.4 is 0 Å². The van der Waals surface area contributed by atoms with Crippen molar-refractivity contribution in [1.29, 1.82) is 0 Å². The molecule has 7 nitrogen and oxygen atoms in total. The fourth-order valence-electron chi connectivity index (χ4n) is 3.26. The number of hydrogen-bond donors (Lipinski definition) is 0. The molecular weight excluding hydrogens is 270 g/mol. The Kier molecular flexibility index (Phi) is 3.19. The summed E-state index contributed by atoms with van der Waals surface area (Å²) in [6, 6.07) is 0.258. The molecule has 2 fully saturated rings. The first-order valence-electron chi connectivity index (χ1n) is 7.77. The summed E-state index contributed by atoms with van der Waals surface area (Å²) >= 11 is 0. The monoisotopic (exact) mass is 291 g/mol. The van der Waals surface area contributed by atoms with Crippen LogP contribution in [0.25, 0.3) is 0 Å². The zero-order valence-electron chi connectivity index (χ0n) is 12.4. The molecule has 1 aromatic rings. The second kappa shape index (κ2) is 5.06. The Balaban J connectivity index is 1.56. The van der Waals surface area contributed by atoms with Gasteiger partial charge >= 0.3 is 0 Å². The fraction of sp³-hybridized carbons (Fsp3) is 0.786. The molecule has 0 N–H and O–H groups in total. The summed E-state index contributed by atoms with van der Waals surface area (Å²) in [6.07, 6.45) is 2.26. The van der Waals surface area contributed by atoms with Crippen LogP contribution in [0.15, 0.2) is 0 Å². The van der Waals surface area contributed by atoms with Gasteiger partial charge in [0.25, 0.3) is 0 Å². The summed E-state index contributed by atoms with van der Waals surface area (Å²) < 4.78 is 7.41. The van der Waals surface area contributed by atoms with Crippen LogP contribution in [0, 0.1) is 0 Å². The van der Waals surface area contributed by atoms with Crippen molar-refractivity contribution in [2.75, 3.05) is 26.3 Å². The van der Waals surface area contributed by atoms with Crippen molar-refractivity contribution in [3.05, 3.63) is 11.6 Å². The second-order valence-electron chi connectivity index (χ2n) is 6.16. The Bertz CT molecular complexity index is 548. The zero-order chi connectivity index (χ0) is 14.4. The van der Waals surface area contributed by atoms with Gasteiger partial charge in [0.15, 0.2) is 5.82 Å². The van der Waals surface area contributed by atoms with Gasteiger partial charge in [-0.2, -0.15) is 0 Å². The van der Waals surface area contributed by atoms with Gasteiger partial charge in [0.2, 0.25) is 5.91 Å². The molecule has 2 aliphatic heterocycles. The number of fused-ring (bicyclic) bond motifs is 1. The largest absolute Gasteiger partial charge is 0.379 e. The minimum Gasteiger partial charge on any atom is -0.379 e. The van der Waals surface area contributed by atoms with E-state index < -0.39 is 0 Å². The van der Waals surface area contributed by atoms with Crippen molar-refractivity contribution >= 4 is 5.91 Å². The van der Waals surface area contributed by atoms with Crippen LogP contribution in [0.3, 0.4) is 0 Å². The van der Waals surface area contributed by atoms with Gasteiger partial charge in [0.1, 0.15) is 11.9 Å². The molecule has 1 atom stereocenters. The lowest BCUT2D eigenvalue weighted by Gasteiger charge is -2.33. The van der Waals surface area contributed by atoms with E-state index in [9.17, 15) is 4.79 Å². The molecule has 114 valence electrons. The number of aromatic nitrogens is 3. The Labute approximate surface area is 123 Å². The Hall–Kier alpha value is -1.47. The lowest BCUT2D eigenvalue weighted by molar-refractivity contribution is -0.137. The summed E-state index contributed by atoms with van der Waals surface area (Å²) in [4.78, 5) is 16.8. The minimum atomic E-state index is -0.180. The number of rotatable bonds is 3. The standard InChI is InChI=1S/C14H21N5O2/c1-10-14(20)18(11-2-3-11)9-13-16-15-12(19(10)13)8-17-4-6-21-7-5-17/h10-11H,2-9H2,1H3. The number of amides is 1. The molecular formula is C14H21N5O2. The van der Waals surface area contributed by atoms with E-state index in [0.29, 0.717) is 12.6 Å². The first kappa shape index (κ1) is 13.2. The van der Waals surface area contributed by atoms with Crippen LogP contribution in [0.2, 0.25) is 0 Å². The smallest absolute Gasteiger partial charge is 0.246 e. The summed E-state index contributed by atoms with van der Waals surface area (Å²) in [7, 11) is 0. The second-order valence-corrected chi connectivity index (χ2v) is 6.16.